The molecule has 0 unspecified atom stereocenters. The van der Waals surface area contributed by atoms with E-state index in [4.69, 9.17) is 14.6 Å². The lowest BCUT2D eigenvalue weighted by Gasteiger charge is -2.30. The van der Waals surface area contributed by atoms with E-state index in [0.29, 0.717) is 22.5 Å². The number of carboxylic acids is 1. The van der Waals surface area contributed by atoms with Gasteiger partial charge in [0.2, 0.25) is 0 Å². The van der Waals surface area contributed by atoms with E-state index in [-0.39, 0.29) is 5.91 Å². The zero-order valence-corrected chi connectivity index (χ0v) is 21.8. The maximum absolute atomic E-state index is 13.4. The van der Waals surface area contributed by atoms with Crippen LogP contribution in [0.2, 0.25) is 0 Å². The van der Waals surface area contributed by atoms with E-state index in [9.17, 15) is 18.0 Å². The molecular weight excluding hydrogens is 519 g/mol. The number of carbonyl (C=O) groups excluding carboxylic acids is 1. The van der Waals surface area contributed by atoms with Crippen LogP contribution < -0.4 is 20.3 Å². The second-order valence-electron chi connectivity index (χ2n) is 9.01. The molecule has 4 aromatic rings. The van der Waals surface area contributed by atoms with E-state index >= 15 is 0 Å². The first-order valence-electron chi connectivity index (χ1n) is 11.9. The number of anilines is 2. The second kappa shape index (κ2) is 10.8. The van der Waals surface area contributed by atoms with Crippen LogP contribution in [0.5, 0.6) is 5.75 Å². The number of amides is 1. The van der Waals surface area contributed by atoms with Gasteiger partial charge in [-0.25, -0.2) is 4.79 Å². The minimum Gasteiger partial charge on any atom is -0.494 e. The number of ether oxygens (including phenoxy) is 1. The highest BCUT2D eigenvalue weighted by Crippen LogP contribution is 2.36. The van der Waals surface area contributed by atoms with E-state index in [0.717, 1.165) is 53.7 Å². The summed E-state index contributed by atoms with van der Waals surface area (Å²) >= 11 is 0. The van der Waals surface area contributed by atoms with Crippen molar-refractivity contribution in [3.8, 4) is 5.75 Å². The van der Waals surface area contributed by atoms with Gasteiger partial charge in [-0.05, 0) is 25.1 Å². The molecule has 1 fully saturated rings. The SMILES string of the molecule is COc1c(NC(=O)c2ccc(N3CCNCC3)c3cn(C)nc23)cc2cn(C)nc2c1C.O=C(O)C(F)(F)F. The lowest BCUT2D eigenvalue weighted by Crippen LogP contribution is -2.43. The molecule has 0 saturated carbocycles. The minimum atomic E-state index is -5.08. The van der Waals surface area contributed by atoms with Gasteiger partial charge in [-0.2, -0.15) is 23.4 Å². The fourth-order valence-electron chi connectivity index (χ4n) is 4.55. The molecule has 14 heteroatoms. The number of carbonyl (C=O) groups is 2. The fourth-order valence-corrected chi connectivity index (χ4v) is 4.55. The van der Waals surface area contributed by atoms with Gasteiger partial charge in [0, 0.05) is 74.7 Å². The Kier molecular flexibility index (Phi) is 7.67. The van der Waals surface area contributed by atoms with Crippen molar-refractivity contribution in [1.29, 1.82) is 0 Å². The minimum absolute atomic E-state index is 0.221. The van der Waals surface area contributed by atoms with Crippen LogP contribution in [-0.4, -0.2) is 76.0 Å². The Morgan fingerprint density at radius 3 is 2.31 bits per heavy atom. The molecule has 5 rings (SSSR count). The highest BCUT2D eigenvalue weighted by atomic mass is 19.4. The van der Waals surface area contributed by atoms with Crippen molar-refractivity contribution in [2.24, 2.45) is 14.1 Å². The average Bonchev–Trinajstić information content (AvgIpc) is 3.45. The van der Waals surface area contributed by atoms with E-state index in [1.807, 2.05) is 51.6 Å². The van der Waals surface area contributed by atoms with E-state index in [2.05, 4.69) is 25.7 Å². The number of benzene rings is 2. The van der Waals surface area contributed by atoms with Gasteiger partial charge >= 0.3 is 12.1 Å². The number of piperazine rings is 1. The summed E-state index contributed by atoms with van der Waals surface area (Å²) in [6.45, 7) is 5.69. The van der Waals surface area contributed by atoms with E-state index in [1.54, 1.807) is 16.5 Å². The molecule has 3 N–H and O–H groups in total. The molecule has 2 aromatic heterocycles. The van der Waals surface area contributed by atoms with E-state index in [1.165, 1.54) is 0 Å². The fraction of sp³-hybridized carbons (Fsp3) is 0.360. The summed E-state index contributed by atoms with van der Waals surface area (Å²) < 4.78 is 40.9. The summed E-state index contributed by atoms with van der Waals surface area (Å²) in [5, 5.41) is 24.6. The topological polar surface area (TPSA) is 127 Å². The van der Waals surface area contributed by atoms with Gasteiger partial charge in [-0.15, -0.1) is 0 Å². The summed E-state index contributed by atoms with van der Waals surface area (Å²) in [4.78, 5) is 24.6. The van der Waals surface area contributed by atoms with Crippen molar-refractivity contribution >= 4 is 45.1 Å². The number of aromatic nitrogens is 4. The maximum Gasteiger partial charge on any atom is 0.490 e. The van der Waals surface area contributed by atoms with Crippen molar-refractivity contribution in [2.75, 3.05) is 43.5 Å². The van der Waals surface area contributed by atoms with Gasteiger partial charge in [-0.1, -0.05) is 0 Å². The third-order valence-electron chi connectivity index (χ3n) is 6.26. The number of hydrogen-bond donors (Lipinski definition) is 3. The molecule has 0 aliphatic carbocycles. The van der Waals surface area contributed by atoms with Crippen LogP contribution >= 0.6 is 0 Å². The third kappa shape index (κ3) is 5.74. The number of aryl methyl sites for hydroxylation is 3. The number of hydrogen-bond acceptors (Lipinski definition) is 7. The Morgan fingerprint density at radius 2 is 1.69 bits per heavy atom. The first-order valence-corrected chi connectivity index (χ1v) is 11.9. The zero-order valence-electron chi connectivity index (χ0n) is 21.8. The molecule has 3 heterocycles. The Bertz CT molecular complexity index is 1540. The monoisotopic (exact) mass is 547 g/mol. The molecule has 208 valence electrons. The van der Waals surface area contributed by atoms with Crippen LogP contribution in [0.15, 0.2) is 30.6 Å². The molecular formula is C25H28F3N7O4. The van der Waals surface area contributed by atoms with Crippen molar-refractivity contribution in [2.45, 2.75) is 13.1 Å². The van der Waals surface area contributed by atoms with Gasteiger partial charge in [0.25, 0.3) is 5.91 Å². The van der Waals surface area contributed by atoms with Gasteiger partial charge in [0.15, 0.2) is 0 Å². The number of alkyl halides is 3. The van der Waals surface area contributed by atoms with Crippen LogP contribution in [0, 0.1) is 6.92 Å². The first kappa shape index (κ1) is 27.7. The second-order valence-corrected chi connectivity index (χ2v) is 9.01. The largest absolute Gasteiger partial charge is 0.494 e. The summed E-state index contributed by atoms with van der Waals surface area (Å²) in [6.07, 6.45) is -1.17. The summed E-state index contributed by atoms with van der Waals surface area (Å²) in [5.74, 6) is -2.37. The number of methoxy groups -OCH3 is 1. The Balaban J connectivity index is 0.000000448. The predicted octanol–water partition coefficient (Wildman–Crippen LogP) is 3.07. The Morgan fingerprint density at radius 1 is 1.08 bits per heavy atom. The smallest absolute Gasteiger partial charge is 0.490 e. The van der Waals surface area contributed by atoms with Crippen LogP contribution in [0.3, 0.4) is 0 Å². The normalized spacial score (nSPS) is 13.8. The highest BCUT2D eigenvalue weighted by Gasteiger charge is 2.38. The summed E-state index contributed by atoms with van der Waals surface area (Å²) in [6, 6.07) is 5.79. The van der Waals surface area contributed by atoms with Crippen molar-refractivity contribution < 1.29 is 32.6 Å². The van der Waals surface area contributed by atoms with Gasteiger partial charge < -0.3 is 25.4 Å². The number of nitrogens with one attached hydrogen (secondary N) is 2. The molecule has 1 aliphatic heterocycles. The zero-order chi connectivity index (χ0) is 28.5. The molecule has 0 radical (unpaired) electrons. The Labute approximate surface area is 221 Å². The van der Waals surface area contributed by atoms with Crippen molar-refractivity contribution in [3.05, 3.63) is 41.7 Å². The molecule has 39 heavy (non-hydrogen) atoms. The van der Waals surface area contributed by atoms with Crippen molar-refractivity contribution in [3.63, 3.8) is 0 Å². The molecule has 1 aliphatic rings. The number of rotatable bonds is 4. The lowest BCUT2D eigenvalue weighted by molar-refractivity contribution is -0.192. The molecule has 1 saturated heterocycles. The van der Waals surface area contributed by atoms with Crippen LogP contribution in [0.25, 0.3) is 21.8 Å². The number of nitrogens with zero attached hydrogens (tertiary/aromatic N) is 5. The van der Waals surface area contributed by atoms with Gasteiger partial charge in [0.05, 0.1) is 23.9 Å². The predicted molar refractivity (Wildman–Crippen MR) is 139 cm³/mol. The number of carboxylic acid groups (broad SMARTS) is 1. The highest BCUT2D eigenvalue weighted by molar-refractivity contribution is 6.14. The lowest BCUT2D eigenvalue weighted by atomic mass is 10.1. The molecule has 11 nitrogen and oxygen atoms in total. The average molecular weight is 548 g/mol. The first-order chi connectivity index (χ1) is 18.4. The maximum atomic E-state index is 13.4. The van der Waals surface area contributed by atoms with Gasteiger partial charge in [-0.3, -0.25) is 14.2 Å². The van der Waals surface area contributed by atoms with Crippen LogP contribution in [0.4, 0.5) is 24.5 Å². The molecule has 2 aromatic carbocycles. The Hall–Kier alpha value is -4.33. The summed E-state index contributed by atoms with van der Waals surface area (Å²) in [7, 11) is 5.36. The number of fused-ring (bicyclic) bond motifs is 2. The standard InChI is InChI=1S/C23H27N7O2.C2HF3O2/c1-14-20-15(12-28(2)26-20)11-18(22(14)32-4)25-23(31)16-5-6-19(30-9-7-24-8-10-30)17-13-29(3)27-21(16)17;3-2(4,5)1(6)7/h5-6,11-13,24H,7-10H2,1-4H3,(H,25,31);(H,6,7). The third-order valence-corrected chi connectivity index (χ3v) is 6.26. The van der Waals surface area contributed by atoms with Crippen LogP contribution in [-0.2, 0) is 18.9 Å². The molecule has 0 atom stereocenters. The summed E-state index contributed by atoms with van der Waals surface area (Å²) in [5.41, 5.74) is 4.69. The number of aliphatic carboxylic acids is 1. The van der Waals surface area contributed by atoms with Crippen LogP contribution in [0.1, 0.15) is 15.9 Å². The molecule has 0 spiro atoms. The molecule has 1 amide bonds. The quantitative estimate of drug-likeness (QED) is 0.356. The van der Waals surface area contributed by atoms with Gasteiger partial charge in [0.1, 0.15) is 11.3 Å². The molecule has 0 bridgehead atoms. The van der Waals surface area contributed by atoms with Crippen molar-refractivity contribution in [1.82, 2.24) is 24.9 Å². The van der Waals surface area contributed by atoms with E-state index < -0.39 is 12.1 Å². The number of halogens is 3.